The minimum atomic E-state index is -3.59. The third-order valence-corrected chi connectivity index (χ3v) is 7.58. The fourth-order valence-corrected chi connectivity index (χ4v) is 5.43. The molecule has 1 aliphatic heterocycles. The van der Waals surface area contributed by atoms with Crippen molar-refractivity contribution in [3.63, 3.8) is 0 Å². The van der Waals surface area contributed by atoms with Gasteiger partial charge in [0.1, 0.15) is 0 Å². The van der Waals surface area contributed by atoms with E-state index in [0.717, 1.165) is 4.88 Å². The lowest BCUT2D eigenvalue weighted by Gasteiger charge is -2.29. The van der Waals surface area contributed by atoms with Crippen LogP contribution >= 0.6 is 11.3 Å². The molecule has 1 aromatic carbocycles. The Balaban J connectivity index is 1.41. The lowest BCUT2D eigenvalue weighted by atomic mass is 9.98. The summed E-state index contributed by atoms with van der Waals surface area (Å²) in [6, 6.07) is 10.1. The molecule has 2 aromatic heterocycles. The number of sulfonamides is 1. The number of benzene rings is 1. The minimum absolute atomic E-state index is 0.0461. The number of hydrogen-bond donors (Lipinski definition) is 1. The topological polar surface area (TPSA) is 105 Å². The SMILES string of the molecule is CC(=O)Nc1ccc(S(=O)(=O)N2CCC(c3nc(-c4cccs4)no3)CC2)cc1. The van der Waals surface area contributed by atoms with Gasteiger partial charge >= 0.3 is 0 Å². The zero-order chi connectivity index (χ0) is 20.4. The second-order valence-corrected chi connectivity index (χ2v) is 9.70. The van der Waals surface area contributed by atoms with Crippen LogP contribution in [0.4, 0.5) is 5.69 Å². The quantitative estimate of drug-likeness (QED) is 0.663. The van der Waals surface area contributed by atoms with Crippen LogP contribution in [0.5, 0.6) is 0 Å². The highest BCUT2D eigenvalue weighted by molar-refractivity contribution is 7.89. The molecule has 1 amide bonds. The van der Waals surface area contributed by atoms with Crippen molar-refractivity contribution in [2.45, 2.75) is 30.6 Å². The fourth-order valence-electron chi connectivity index (χ4n) is 3.31. The lowest BCUT2D eigenvalue weighted by Crippen LogP contribution is -2.37. The maximum absolute atomic E-state index is 12.9. The van der Waals surface area contributed by atoms with E-state index in [0.29, 0.717) is 43.3 Å². The molecule has 10 heteroatoms. The van der Waals surface area contributed by atoms with Crippen LogP contribution in [-0.4, -0.2) is 41.9 Å². The van der Waals surface area contributed by atoms with Crippen LogP contribution in [0, 0.1) is 0 Å². The molecule has 0 radical (unpaired) electrons. The summed E-state index contributed by atoms with van der Waals surface area (Å²) in [6.45, 7) is 2.18. The number of anilines is 1. The lowest BCUT2D eigenvalue weighted by molar-refractivity contribution is -0.114. The second kappa shape index (κ2) is 8.05. The molecule has 0 spiro atoms. The van der Waals surface area contributed by atoms with Gasteiger partial charge in [0.15, 0.2) is 0 Å². The van der Waals surface area contributed by atoms with Crippen LogP contribution in [0.25, 0.3) is 10.7 Å². The van der Waals surface area contributed by atoms with Crippen molar-refractivity contribution in [3.8, 4) is 10.7 Å². The van der Waals surface area contributed by atoms with E-state index in [1.54, 1.807) is 23.5 Å². The molecule has 0 atom stereocenters. The maximum atomic E-state index is 12.9. The van der Waals surface area contributed by atoms with Crippen molar-refractivity contribution in [1.29, 1.82) is 0 Å². The van der Waals surface area contributed by atoms with Crippen LogP contribution < -0.4 is 5.32 Å². The van der Waals surface area contributed by atoms with Crippen LogP contribution in [-0.2, 0) is 14.8 Å². The van der Waals surface area contributed by atoms with E-state index < -0.39 is 10.0 Å². The smallest absolute Gasteiger partial charge is 0.243 e. The molecule has 1 aliphatic rings. The molecule has 0 unspecified atom stereocenters. The van der Waals surface area contributed by atoms with E-state index in [2.05, 4.69) is 15.5 Å². The zero-order valence-electron chi connectivity index (χ0n) is 15.7. The van der Waals surface area contributed by atoms with Gasteiger partial charge in [0.25, 0.3) is 0 Å². The Morgan fingerprint density at radius 1 is 1.21 bits per heavy atom. The molecular weight excluding hydrogens is 412 g/mol. The molecule has 152 valence electrons. The predicted octanol–water partition coefficient (Wildman–Crippen LogP) is 3.32. The van der Waals surface area contributed by atoms with E-state index in [1.807, 2.05) is 17.5 Å². The first-order valence-electron chi connectivity index (χ1n) is 9.19. The standard InChI is InChI=1S/C19H20N4O4S2/c1-13(24)20-15-4-6-16(7-5-15)29(25,26)23-10-8-14(9-11-23)19-21-18(22-27-19)17-3-2-12-28-17/h2-7,12,14H,8-11H2,1H3,(H,20,24). The number of amides is 1. The monoisotopic (exact) mass is 432 g/mol. The molecule has 1 fully saturated rings. The second-order valence-electron chi connectivity index (χ2n) is 6.82. The van der Waals surface area contributed by atoms with Gasteiger partial charge in [-0.2, -0.15) is 9.29 Å². The number of thiophene rings is 1. The van der Waals surface area contributed by atoms with E-state index in [-0.39, 0.29) is 16.7 Å². The third-order valence-electron chi connectivity index (χ3n) is 4.80. The Hall–Kier alpha value is -2.56. The number of carbonyl (C=O) groups excluding carboxylic acids is 1. The van der Waals surface area contributed by atoms with Crippen LogP contribution in [0.1, 0.15) is 31.6 Å². The summed E-state index contributed by atoms with van der Waals surface area (Å²) in [5.41, 5.74) is 0.563. The Kier molecular flexibility index (Phi) is 5.48. The summed E-state index contributed by atoms with van der Waals surface area (Å²) in [5, 5.41) is 8.63. The zero-order valence-corrected chi connectivity index (χ0v) is 17.4. The number of carbonyl (C=O) groups is 1. The van der Waals surface area contributed by atoms with Crippen LogP contribution in [0.15, 0.2) is 51.2 Å². The molecular formula is C19H20N4O4S2. The van der Waals surface area contributed by atoms with Gasteiger partial charge in [0, 0.05) is 31.6 Å². The first-order valence-corrected chi connectivity index (χ1v) is 11.5. The fraction of sp³-hybridized carbons (Fsp3) is 0.316. The molecule has 29 heavy (non-hydrogen) atoms. The van der Waals surface area contributed by atoms with Crippen molar-refractivity contribution in [3.05, 3.63) is 47.7 Å². The van der Waals surface area contributed by atoms with Gasteiger partial charge in [-0.3, -0.25) is 4.79 Å². The maximum Gasteiger partial charge on any atom is 0.243 e. The summed E-state index contributed by atoms with van der Waals surface area (Å²) in [4.78, 5) is 16.7. The number of aromatic nitrogens is 2. The summed E-state index contributed by atoms with van der Waals surface area (Å²) in [6.07, 6.45) is 1.24. The van der Waals surface area contributed by atoms with Gasteiger partial charge in [0.05, 0.1) is 9.77 Å². The Morgan fingerprint density at radius 3 is 2.55 bits per heavy atom. The molecule has 1 saturated heterocycles. The van der Waals surface area contributed by atoms with Gasteiger partial charge in [-0.05, 0) is 48.6 Å². The molecule has 0 aliphatic carbocycles. The number of nitrogens with zero attached hydrogens (tertiary/aromatic N) is 3. The number of nitrogens with one attached hydrogen (secondary N) is 1. The normalized spacial score (nSPS) is 16.0. The van der Waals surface area contributed by atoms with Crippen molar-refractivity contribution in [2.24, 2.45) is 0 Å². The Morgan fingerprint density at radius 2 is 1.93 bits per heavy atom. The summed E-state index contributed by atoms with van der Waals surface area (Å²) in [5.74, 6) is 0.977. The van der Waals surface area contributed by atoms with Gasteiger partial charge in [0.2, 0.25) is 27.6 Å². The van der Waals surface area contributed by atoms with Gasteiger partial charge in [-0.1, -0.05) is 11.2 Å². The first-order chi connectivity index (χ1) is 13.9. The predicted molar refractivity (Wildman–Crippen MR) is 109 cm³/mol. The highest BCUT2D eigenvalue weighted by Gasteiger charge is 2.32. The first kappa shape index (κ1) is 19.7. The molecule has 8 nitrogen and oxygen atoms in total. The molecule has 3 heterocycles. The summed E-state index contributed by atoms with van der Waals surface area (Å²) >= 11 is 1.55. The van der Waals surface area contributed by atoms with Crippen LogP contribution in [0.2, 0.25) is 0 Å². The number of piperidine rings is 1. The molecule has 3 aromatic rings. The van der Waals surface area contributed by atoms with E-state index in [4.69, 9.17) is 4.52 Å². The summed E-state index contributed by atoms with van der Waals surface area (Å²) in [7, 11) is -3.59. The Bertz CT molecular complexity index is 1080. The van der Waals surface area contributed by atoms with E-state index in [1.165, 1.54) is 23.4 Å². The van der Waals surface area contributed by atoms with E-state index >= 15 is 0 Å². The van der Waals surface area contributed by atoms with Crippen molar-refractivity contribution < 1.29 is 17.7 Å². The largest absolute Gasteiger partial charge is 0.339 e. The molecule has 0 bridgehead atoms. The highest BCUT2D eigenvalue weighted by Crippen LogP contribution is 2.32. The van der Waals surface area contributed by atoms with Gasteiger partial charge in [-0.15, -0.1) is 11.3 Å². The van der Waals surface area contributed by atoms with E-state index in [9.17, 15) is 13.2 Å². The molecule has 1 N–H and O–H groups in total. The van der Waals surface area contributed by atoms with Crippen molar-refractivity contribution in [1.82, 2.24) is 14.4 Å². The van der Waals surface area contributed by atoms with Gasteiger partial charge in [-0.25, -0.2) is 8.42 Å². The molecule has 0 saturated carbocycles. The average molecular weight is 433 g/mol. The summed E-state index contributed by atoms with van der Waals surface area (Å²) < 4.78 is 32.7. The number of hydrogen-bond acceptors (Lipinski definition) is 7. The average Bonchev–Trinajstić information content (AvgIpc) is 3.40. The van der Waals surface area contributed by atoms with Crippen molar-refractivity contribution >= 4 is 33.0 Å². The van der Waals surface area contributed by atoms with Crippen LogP contribution in [0.3, 0.4) is 0 Å². The van der Waals surface area contributed by atoms with Gasteiger partial charge < -0.3 is 9.84 Å². The highest BCUT2D eigenvalue weighted by atomic mass is 32.2. The minimum Gasteiger partial charge on any atom is -0.339 e. The van der Waals surface area contributed by atoms with Crippen molar-refractivity contribution in [2.75, 3.05) is 18.4 Å². The Labute approximate surface area is 172 Å². The third kappa shape index (κ3) is 4.24. The molecule has 4 rings (SSSR count). The number of rotatable bonds is 5.